The van der Waals surface area contributed by atoms with Gasteiger partial charge in [-0.05, 0) is 24.3 Å². The summed E-state index contributed by atoms with van der Waals surface area (Å²) in [5, 5.41) is 0.466. The Balaban J connectivity index is 0.00000312. The quantitative estimate of drug-likeness (QED) is 0.303. The van der Waals surface area contributed by atoms with Crippen molar-refractivity contribution in [3.63, 3.8) is 0 Å². The van der Waals surface area contributed by atoms with Gasteiger partial charge in [0.1, 0.15) is 5.75 Å². The molecule has 0 radical (unpaired) electrons. The number of rotatable bonds is 6. The molecule has 2 aromatic carbocycles. The van der Waals surface area contributed by atoms with E-state index in [1.54, 1.807) is 6.07 Å². The summed E-state index contributed by atoms with van der Waals surface area (Å²) in [6, 6.07) is 13.5. The van der Waals surface area contributed by atoms with Crippen LogP contribution in [0.2, 0.25) is 5.02 Å². The van der Waals surface area contributed by atoms with Crippen LogP contribution in [0.5, 0.6) is 5.75 Å². The van der Waals surface area contributed by atoms with Crippen LogP contribution in [0.15, 0.2) is 54.6 Å². The van der Waals surface area contributed by atoms with Gasteiger partial charge in [-0.1, -0.05) is 53.5 Å². The van der Waals surface area contributed by atoms with Crippen molar-refractivity contribution in [3.8, 4) is 5.75 Å². The first-order valence-electron chi connectivity index (χ1n) is 6.62. The van der Waals surface area contributed by atoms with Crippen molar-refractivity contribution >= 4 is 36.8 Å². The second kappa shape index (κ2) is 10.4. The van der Waals surface area contributed by atoms with Crippen molar-refractivity contribution in [2.24, 2.45) is 0 Å². The first-order chi connectivity index (χ1) is 11.3. The zero-order valence-corrected chi connectivity index (χ0v) is 18.6. The van der Waals surface area contributed by atoms with Gasteiger partial charge >= 0.3 is 57.4 Å². The Hall–Kier alpha value is 0.0764. The zero-order valence-electron chi connectivity index (χ0n) is 13.0. The van der Waals surface area contributed by atoms with E-state index in [4.69, 9.17) is 32.7 Å². The van der Waals surface area contributed by atoms with Crippen LogP contribution in [0.1, 0.15) is 11.4 Å². The molecule has 0 aliphatic rings. The van der Waals surface area contributed by atoms with E-state index in [0.717, 1.165) is 0 Å². The van der Waals surface area contributed by atoms with Crippen LogP contribution in [0.4, 0.5) is 0 Å². The fourth-order valence-electron chi connectivity index (χ4n) is 1.78. The third-order valence-electron chi connectivity index (χ3n) is 2.85. The van der Waals surface area contributed by atoms with Gasteiger partial charge in [0.15, 0.2) is 13.4 Å². The van der Waals surface area contributed by atoms with Gasteiger partial charge in [-0.15, -0.1) is 0 Å². The van der Waals surface area contributed by atoms with Gasteiger partial charge in [0.25, 0.3) is 5.56 Å². The molecule has 2 aromatic rings. The minimum Gasteiger partial charge on any atom is -0.776 e. The van der Waals surface area contributed by atoms with E-state index in [1.165, 1.54) is 48.5 Å². The minimum atomic E-state index is -5.01. The van der Waals surface area contributed by atoms with E-state index in [9.17, 15) is 19.1 Å². The molecule has 2 rings (SSSR count). The van der Waals surface area contributed by atoms with Gasteiger partial charge < -0.3 is 23.8 Å². The second-order valence-electron chi connectivity index (χ2n) is 4.65. The number of carbonyl (C=O) groups is 1. The molecule has 0 fully saturated rings. The second-order valence-corrected chi connectivity index (χ2v) is 7.08. The molecule has 3 unspecified atom stereocenters. The molecule has 6 nitrogen and oxygen atoms in total. The van der Waals surface area contributed by atoms with E-state index in [1.807, 2.05) is 0 Å². The molecule has 1 N–H and O–H groups in total. The number of hydrogen-bond acceptors (Lipinski definition) is 5. The monoisotopic (exact) mass is 428 g/mol. The molecule has 0 heterocycles. The van der Waals surface area contributed by atoms with Crippen molar-refractivity contribution < 1.29 is 80.0 Å². The van der Waals surface area contributed by atoms with Crippen molar-refractivity contribution in [2.75, 3.05) is 0 Å². The summed E-state index contributed by atoms with van der Waals surface area (Å²) in [6.07, 6.45) is 0. The van der Waals surface area contributed by atoms with Gasteiger partial charge in [0.2, 0.25) is 0 Å². The number of benzene rings is 2. The Kier molecular flexibility index (Phi) is 9.64. The molecule has 0 aliphatic heterocycles. The predicted octanol–water partition coefficient (Wildman–Crippen LogP) is 0.0754. The maximum absolute atomic E-state index is 12.0. The summed E-state index contributed by atoms with van der Waals surface area (Å²) >= 11 is 11.5. The number of carbonyl (C=O) groups excluding carboxylic acids is 1. The van der Waals surface area contributed by atoms with Gasteiger partial charge in [0, 0.05) is 10.6 Å². The Labute approximate surface area is 197 Å². The summed E-state index contributed by atoms with van der Waals surface area (Å²) in [4.78, 5) is 32.8. The van der Waals surface area contributed by atoms with Crippen molar-refractivity contribution in [1.82, 2.24) is 0 Å². The fraction of sp³-hybridized carbons (Fsp3) is 0.133. The molecule has 0 aliphatic carbocycles. The smallest absolute Gasteiger partial charge is 0.776 e. The number of esters is 1. The van der Waals surface area contributed by atoms with Crippen LogP contribution in [0.25, 0.3) is 0 Å². The van der Waals surface area contributed by atoms with E-state index in [-0.39, 0.29) is 62.7 Å². The number of ether oxygens (including phenoxy) is 2. The van der Waals surface area contributed by atoms with E-state index >= 15 is 0 Å². The summed E-state index contributed by atoms with van der Waals surface area (Å²) in [5.41, 5.74) is -1.52. The van der Waals surface area contributed by atoms with Gasteiger partial charge in [0.05, 0.1) is 0 Å². The summed E-state index contributed by atoms with van der Waals surface area (Å²) in [5.74, 6) is -2.80. The van der Waals surface area contributed by atoms with Crippen molar-refractivity contribution in [3.05, 3.63) is 65.2 Å². The van der Waals surface area contributed by atoms with Crippen molar-refractivity contribution in [1.29, 1.82) is 0 Å². The maximum atomic E-state index is 12.0. The summed E-state index contributed by atoms with van der Waals surface area (Å²) in [6.45, 7) is 0. The molecule has 0 spiro atoms. The number of halogens is 2. The van der Waals surface area contributed by atoms with Gasteiger partial charge in [-0.3, -0.25) is 0 Å². The maximum Gasteiger partial charge on any atom is 1.00 e. The molecule has 0 bridgehead atoms. The molecule has 0 aromatic heterocycles. The topological polar surface area (TPSA) is 95.9 Å². The average Bonchev–Trinajstić information content (AvgIpc) is 2.54. The van der Waals surface area contributed by atoms with Crippen LogP contribution < -0.4 is 61.0 Å². The zero-order chi connectivity index (χ0) is 17.7. The Morgan fingerprint density at radius 2 is 1.68 bits per heavy atom. The summed E-state index contributed by atoms with van der Waals surface area (Å²) in [7, 11) is -5.01. The molecule has 0 amide bonds. The first-order valence-corrected chi connectivity index (χ1v) is 9.08. The molecule has 128 valence electrons. The molecule has 0 saturated heterocycles. The normalized spacial score (nSPS) is 15.2. The molecular weight excluding hydrogens is 417 g/mol. The van der Waals surface area contributed by atoms with Crippen molar-refractivity contribution in [2.45, 2.75) is 11.4 Å². The predicted molar refractivity (Wildman–Crippen MR) is 86.8 cm³/mol. The third-order valence-corrected chi connectivity index (χ3v) is 4.36. The standard InChI is InChI=1S/C15H13Cl2O6P.K/c16-11-6-8-12(9-7-11)22-13(17)14(18)23-15(24(19,20)21)10-4-2-1-3-5-10;/h1-9,13,15H,(H2,19,20,21);/q;+1/p-1. The first kappa shape index (κ1) is 23.1. The fourth-order valence-corrected chi connectivity index (χ4v) is 2.85. The largest absolute Gasteiger partial charge is 1.00 e. The SMILES string of the molecule is O=C(OC(c1ccccc1)P(=O)([O-])O)C(Cl)Oc1ccc(Cl)cc1.[K+]. The van der Waals surface area contributed by atoms with Crippen LogP contribution >= 0.6 is 30.8 Å². The summed E-state index contributed by atoms with van der Waals surface area (Å²) < 4.78 is 21.4. The molecular formula is C15H12Cl2KO6P. The molecule has 25 heavy (non-hydrogen) atoms. The van der Waals surface area contributed by atoms with Gasteiger partial charge in [-0.2, -0.15) is 0 Å². The Morgan fingerprint density at radius 1 is 1.12 bits per heavy atom. The van der Waals surface area contributed by atoms with E-state index in [0.29, 0.717) is 5.02 Å². The minimum absolute atomic E-state index is 0. The molecule has 0 saturated carbocycles. The van der Waals surface area contributed by atoms with Crippen LogP contribution in [0, 0.1) is 0 Å². The van der Waals surface area contributed by atoms with E-state index < -0.39 is 25.0 Å². The van der Waals surface area contributed by atoms with Gasteiger partial charge in [-0.25, -0.2) is 4.79 Å². The number of hydrogen-bond donors (Lipinski definition) is 1. The number of alkyl halides is 1. The van der Waals surface area contributed by atoms with Crippen LogP contribution in [-0.4, -0.2) is 16.4 Å². The van der Waals surface area contributed by atoms with Crippen LogP contribution in [-0.2, 0) is 14.1 Å². The average molecular weight is 429 g/mol. The Bertz CT molecular complexity index is 737. The van der Waals surface area contributed by atoms with Crippen LogP contribution in [0.3, 0.4) is 0 Å². The molecule has 10 heteroatoms. The molecule has 3 atom stereocenters. The Morgan fingerprint density at radius 3 is 2.20 bits per heavy atom. The van der Waals surface area contributed by atoms with E-state index in [2.05, 4.69) is 0 Å². The third kappa shape index (κ3) is 7.31.